The minimum absolute atomic E-state index is 0.496. The second-order valence-corrected chi connectivity index (χ2v) is 5.34. The average molecular weight is 271 g/mol. The second-order valence-electron chi connectivity index (χ2n) is 5.34. The van der Waals surface area contributed by atoms with Crippen LogP contribution in [0.2, 0.25) is 0 Å². The molecule has 0 amide bonds. The van der Waals surface area contributed by atoms with Crippen LogP contribution in [-0.2, 0) is 0 Å². The molecule has 0 saturated carbocycles. The zero-order chi connectivity index (χ0) is 13.9. The van der Waals surface area contributed by atoms with Crippen LogP contribution < -0.4 is 5.73 Å². The lowest BCUT2D eigenvalue weighted by Crippen LogP contribution is -2.36. The fourth-order valence-electron chi connectivity index (χ4n) is 2.97. The maximum Gasteiger partial charge on any atom is 0.123 e. The molecular formula is C15H21N5. The predicted octanol–water partition coefficient (Wildman–Crippen LogP) is 2.18. The zero-order valence-electron chi connectivity index (χ0n) is 11.9. The summed E-state index contributed by atoms with van der Waals surface area (Å²) in [4.78, 5) is 10.9. The largest absolute Gasteiger partial charge is 0.384 e. The van der Waals surface area contributed by atoms with Crippen molar-refractivity contribution in [3.63, 3.8) is 0 Å². The first kappa shape index (κ1) is 13.1. The highest BCUT2D eigenvalue weighted by molar-refractivity contribution is 5.61. The quantitative estimate of drug-likeness (QED) is 0.929. The third kappa shape index (κ3) is 2.54. The summed E-state index contributed by atoms with van der Waals surface area (Å²) in [6.07, 6.45) is 8.06. The lowest BCUT2D eigenvalue weighted by atomic mass is 10.0. The van der Waals surface area contributed by atoms with Gasteiger partial charge in [0.05, 0.1) is 18.2 Å². The van der Waals surface area contributed by atoms with Crippen molar-refractivity contribution in [1.29, 1.82) is 0 Å². The molecule has 2 N–H and O–H groups in total. The maximum absolute atomic E-state index is 5.79. The number of rotatable bonds is 3. The molecule has 1 aliphatic heterocycles. The minimum atomic E-state index is 0.496. The number of piperidine rings is 1. The molecule has 1 aliphatic rings. The Balaban J connectivity index is 1.90. The first-order valence-corrected chi connectivity index (χ1v) is 7.24. The van der Waals surface area contributed by atoms with Crippen molar-refractivity contribution in [1.82, 2.24) is 19.4 Å². The normalized spacial score (nSPS) is 20.1. The van der Waals surface area contributed by atoms with Crippen LogP contribution in [-0.4, -0.2) is 39.1 Å². The monoisotopic (exact) mass is 271 g/mol. The highest BCUT2D eigenvalue weighted by Crippen LogP contribution is 2.28. The van der Waals surface area contributed by atoms with Crippen LogP contribution in [0.4, 0.5) is 5.82 Å². The van der Waals surface area contributed by atoms with Gasteiger partial charge in [-0.3, -0.25) is 0 Å². The first-order valence-electron chi connectivity index (χ1n) is 7.24. The van der Waals surface area contributed by atoms with Gasteiger partial charge in [-0.15, -0.1) is 0 Å². The van der Waals surface area contributed by atoms with Crippen LogP contribution in [0.1, 0.15) is 25.8 Å². The Hall–Kier alpha value is -1.88. The first-order chi connectivity index (χ1) is 9.78. The molecule has 20 heavy (non-hydrogen) atoms. The second kappa shape index (κ2) is 5.63. The maximum atomic E-state index is 5.79. The van der Waals surface area contributed by atoms with E-state index in [0.29, 0.717) is 11.9 Å². The highest BCUT2D eigenvalue weighted by atomic mass is 15.2. The summed E-state index contributed by atoms with van der Waals surface area (Å²) in [6.45, 7) is 5.64. The van der Waals surface area contributed by atoms with Crippen LogP contribution in [0.3, 0.4) is 0 Å². The molecule has 0 aliphatic carbocycles. The van der Waals surface area contributed by atoms with E-state index in [9.17, 15) is 0 Å². The number of aromatic nitrogens is 3. The number of hydrogen-bond donors (Lipinski definition) is 1. The van der Waals surface area contributed by atoms with E-state index in [0.717, 1.165) is 24.3 Å². The third-order valence-corrected chi connectivity index (χ3v) is 4.06. The molecule has 1 saturated heterocycles. The Morgan fingerprint density at radius 2 is 2.35 bits per heavy atom. The molecule has 5 nitrogen and oxygen atoms in total. The number of nitrogen functional groups attached to an aromatic ring is 1. The fraction of sp³-hybridized carbons (Fsp3) is 0.467. The van der Waals surface area contributed by atoms with Crippen LogP contribution in [0, 0.1) is 0 Å². The number of hydrogen-bond acceptors (Lipinski definition) is 4. The van der Waals surface area contributed by atoms with Crippen LogP contribution in [0.15, 0.2) is 30.9 Å². The van der Waals surface area contributed by atoms with Crippen LogP contribution in [0.25, 0.3) is 11.3 Å². The number of likely N-dealkylation sites (tertiary alicyclic amines) is 1. The topological polar surface area (TPSA) is 60.0 Å². The summed E-state index contributed by atoms with van der Waals surface area (Å²) in [5.74, 6) is 0.550. The molecule has 2 aromatic rings. The van der Waals surface area contributed by atoms with E-state index in [2.05, 4.69) is 26.4 Å². The molecule has 1 unspecified atom stereocenters. The van der Waals surface area contributed by atoms with Gasteiger partial charge in [-0.1, -0.05) is 6.92 Å². The van der Waals surface area contributed by atoms with Crippen molar-refractivity contribution in [2.45, 2.75) is 25.8 Å². The van der Waals surface area contributed by atoms with E-state index in [-0.39, 0.29) is 0 Å². The van der Waals surface area contributed by atoms with E-state index in [4.69, 9.17) is 5.73 Å². The smallest absolute Gasteiger partial charge is 0.123 e. The van der Waals surface area contributed by atoms with Crippen LogP contribution >= 0.6 is 0 Å². The number of imidazole rings is 1. The number of pyridine rings is 1. The molecule has 3 heterocycles. The third-order valence-electron chi connectivity index (χ3n) is 4.06. The molecular weight excluding hydrogens is 250 g/mol. The Kier molecular flexibility index (Phi) is 3.69. The van der Waals surface area contributed by atoms with Gasteiger partial charge in [0.15, 0.2) is 0 Å². The molecule has 2 aromatic heterocycles. The van der Waals surface area contributed by atoms with Crippen molar-refractivity contribution in [2.24, 2.45) is 0 Å². The molecule has 1 fully saturated rings. The lowest BCUT2D eigenvalue weighted by Gasteiger charge is -2.33. The van der Waals surface area contributed by atoms with Crippen molar-refractivity contribution in [3.8, 4) is 11.3 Å². The van der Waals surface area contributed by atoms with E-state index >= 15 is 0 Å². The Bertz CT molecular complexity index is 577. The number of anilines is 1. The molecule has 3 rings (SSSR count). The molecule has 0 spiro atoms. The molecule has 5 heteroatoms. The van der Waals surface area contributed by atoms with Gasteiger partial charge in [0, 0.05) is 24.3 Å². The summed E-state index contributed by atoms with van der Waals surface area (Å²) >= 11 is 0. The van der Waals surface area contributed by atoms with Gasteiger partial charge in [0.1, 0.15) is 5.82 Å². The SMILES string of the molecule is CCN1CCCC(n2cncc2-c2ccnc(N)c2)C1. The molecule has 106 valence electrons. The molecule has 0 radical (unpaired) electrons. The van der Waals surface area contributed by atoms with Gasteiger partial charge in [-0.25, -0.2) is 9.97 Å². The van der Waals surface area contributed by atoms with E-state index < -0.39 is 0 Å². The van der Waals surface area contributed by atoms with Crippen molar-refractivity contribution in [2.75, 3.05) is 25.4 Å². The van der Waals surface area contributed by atoms with Gasteiger partial charge in [-0.2, -0.15) is 0 Å². The fourth-order valence-corrected chi connectivity index (χ4v) is 2.97. The van der Waals surface area contributed by atoms with E-state index in [1.165, 1.54) is 19.4 Å². The number of nitrogens with two attached hydrogens (primary N) is 1. The predicted molar refractivity (Wildman–Crippen MR) is 80.3 cm³/mol. The Labute approximate surface area is 119 Å². The molecule has 0 bridgehead atoms. The van der Waals surface area contributed by atoms with E-state index in [1.807, 2.05) is 24.7 Å². The average Bonchev–Trinajstić information content (AvgIpc) is 2.97. The van der Waals surface area contributed by atoms with Gasteiger partial charge < -0.3 is 15.2 Å². The number of nitrogens with zero attached hydrogens (tertiary/aromatic N) is 4. The summed E-state index contributed by atoms with van der Waals surface area (Å²) in [6, 6.07) is 4.40. The van der Waals surface area contributed by atoms with Gasteiger partial charge in [0.2, 0.25) is 0 Å². The van der Waals surface area contributed by atoms with Gasteiger partial charge in [-0.05, 0) is 38.1 Å². The standard InChI is InChI=1S/C15H21N5/c1-2-19-7-3-4-13(10-19)20-11-17-9-14(20)12-5-6-18-15(16)8-12/h5-6,8-9,11,13H,2-4,7,10H2,1H3,(H2,16,18). The Morgan fingerprint density at radius 3 is 3.15 bits per heavy atom. The van der Waals surface area contributed by atoms with Gasteiger partial charge in [0.25, 0.3) is 0 Å². The minimum Gasteiger partial charge on any atom is -0.384 e. The summed E-state index contributed by atoms with van der Waals surface area (Å²) in [5, 5.41) is 0. The molecule has 0 aromatic carbocycles. The van der Waals surface area contributed by atoms with Crippen LogP contribution in [0.5, 0.6) is 0 Å². The Morgan fingerprint density at radius 1 is 1.45 bits per heavy atom. The van der Waals surface area contributed by atoms with Crippen molar-refractivity contribution < 1.29 is 0 Å². The highest BCUT2D eigenvalue weighted by Gasteiger charge is 2.22. The summed E-state index contributed by atoms with van der Waals surface area (Å²) in [5.41, 5.74) is 8.00. The van der Waals surface area contributed by atoms with Crippen molar-refractivity contribution in [3.05, 3.63) is 30.9 Å². The van der Waals surface area contributed by atoms with Crippen molar-refractivity contribution >= 4 is 5.82 Å². The summed E-state index contributed by atoms with van der Waals surface area (Å²) in [7, 11) is 0. The number of likely N-dealkylation sites (N-methyl/N-ethyl adjacent to an activating group) is 1. The van der Waals surface area contributed by atoms with E-state index in [1.54, 1.807) is 6.20 Å². The van der Waals surface area contributed by atoms with Gasteiger partial charge >= 0.3 is 0 Å². The summed E-state index contributed by atoms with van der Waals surface area (Å²) < 4.78 is 2.29. The zero-order valence-corrected chi connectivity index (χ0v) is 11.9. The lowest BCUT2D eigenvalue weighted by molar-refractivity contribution is 0.186. The molecule has 1 atom stereocenters.